The first-order chi connectivity index (χ1) is 11.0. The highest BCUT2D eigenvalue weighted by Crippen LogP contribution is 2.49. The molecule has 1 aliphatic heterocycles. The number of hydrogen-bond donors (Lipinski definition) is 0. The molecule has 2 aliphatic rings. The first-order valence-electron chi connectivity index (χ1n) is 7.54. The molecule has 4 nitrogen and oxygen atoms in total. The van der Waals surface area contributed by atoms with Gasteiger partial charge in [-0.2, -0.15) is 0 Å². The predicted molar refractivity (Wildman–Crippen MR) is 88.7 cm³/mol. The van der Waals surface area contributed by atoms with Gasteiger partial charge in [-0.25, -0.2) is 4.79 Å². The quantitative estimate of drug-likeness (QED) is 0.599. The molecule has 0 bridgehead atoms. The van der Waals surface area contributed by atoms with Gasteiger partial charge >= 0.3 is 5.97 Å². The fourth-order valence-electron chi connectivity index (χ4n) is 3.18. The molecule has 120 valence electrons. The van der Waals surface area contributed by atoms with Crippen molar-refractivity contribution in [1.29, 1.82) is 0 Å². The van der Waals surface area contributed by atoms with E-state index in [4.69, 9.17) is 9.47 Å². The van der Waals surface area contributed by atoms with Crippen molar-refractivity contribution in [3.05, 3.63) is 58.1 Å². The van der Waals surface area contributed by atoms with Gasteiger partial charge in [0.15, 0.2) is 5.78 Å². The minimum absolute atomic E-state index is 0.0444. The number of hydrogen-bond acceptors (Lipinski definition) is 4. The van der Waals surface area contributed by atoms with Crippen molar-refractivity contribution in [3.8, 4) is 0 Å². The van der Waals surface area contributed by atoms with Crippen molar-refractivity contribution in [2.75, 3.05) is 13.2 Å². The molecule has 0 amide bonds. The maximum atomic E-state index is 11.9. The lowest BCUT2D eigenvalue weighted by molar-refractivity contribution is -0.137. The second kappa shape index (κ2) is 6.42. The number of fused-ring (bicyclic) bond motifs is 1. The molecule has 0 unspecified atom stereocenters. The summed E-state index contributed by atoms with van der Waals surface area (Å²) in [7, 11) is 0. The summed E-state index contributed by atoms with van der Waals surface area (Å²) < 4.78 is 12.0. The number of allylic oxidation sites excluding steroid dienone is 1. The molecule has 1 aromatic rings. The lowest BCUT2D eigenvalue weighted by atomic mass is 9.73. The van der Waals surface area contributed by atoms with Gasteiger partial charge < -0.3 is 9.47 Å². The summed E-state index contributed by atoms with van der Waals surface area (Å²) in [6, 6.07) is 7.85. The molecule has 3 rings (SSSR count). The summed E-state index contributed by atoms with van der Waals surface area (Å²) in [5.41, 5.74) is 1.10. The molecule has 0 radical (unpaired) electrons. The molecule has 0 N–H and O–H groups in total. The molecule has 0 aromatic heterocycles. The maximum absolute atomic E-state index is 11.9. The van der Waals surface area contributed by atoms with Gasteiger partial charge in [-0.3, -0.25) is 4.79 Å². The van der Waals surface area contributed by atoms with Gasteiger partial charge in [0.05, 0.1) is 13.2 Å². The van der Waals surface area contributed by atoms with Crippen LogP contribution in [0.3, 0.4) is 0 Å². The van der Waals surface area contributed by atoms with Crippen LogP contribution in [-0.2, 0) is 24.7 Å². The number of rotatable bonds is 3. The summed E-state index contributed by atoms with van der Waals surface area (Å²) in [5.74, 6) is -0.520. The second-order valence-corrected chi connectivity index (χ2v) is 6.53. The molecule has 1 fully saturated rings. The number of ketones is 1. The van der Waals surface area contributed by atoms with Crippen LogP contribution >= 0.6 is 15.9 Å². The van der Waals surface area contributed by atoms with Crippen molar-refractivity contribution in [3.63, 3.8) is 0 Å². The van der Waals surface area contributed by atoms with Crippen LogP contribution in [0.15, 0.2) is 52.5 Å². The zero-order chi connectivity index (χ0) is 16.4. The van der Waals surface area contributed by atoms with Crippen LogP contribution in [0.2, 0.25) is 0 Å². The average Bonchev–Trinajstić information content (AvgIpc) is 2.87. The fraction of sp³-hybridized carbons (Fsp3) is 0.333. The Hall–Kier alpha value is -1.72. The number of ether oxygens (including phenoxy) is 2. The maximum Gasteiger partial charge on any atom is 0.330 e. The summed E-state index contributed by atoms with van der Waals surface area (Å²) in [4.78, 5) is 23.7. The standard InChI is InChI=1S/C18H17BrO4/c1-2-22-17(21)9-12-11-23-18(8-7-15(20)10-16(12)18)13-3-5-14(19)6-4-13/h3-9,16H,2,10-11H2,1H3/b12-9+/t16-,18+/m1/s1. The van der Waals surface area contributed by atoms with E-state index < -0.39 is 5.60 Å². The van der Waals surface area contributed by atoms with Crippen molar-refractivity contribution in [2.45, 2.75) is 18.9 Å². The van der Waals surface area contributed by atoms with Crippen LogP contribution in [0.4, 0.5) is 0 Å². The Morgan fingerprint density at radius 1 is 1.43 bits per heavy atom. The SMILES string of the molecule is CCOC(=O)/C=C1\CO[C@]2(c3ccc(Br)cc3)C=CC(=O)C[C@H]12. The van der Waals surface area contributed by atoms with E-state index in [9.17, 15) is 9.59 Å². The molecule has 5 heteroatoms. The Kier molecular flexibility index (Phi) is 4.50. The molecule has 1 heterocycles. The monoisotopic (exact) mass is 376 g/mol. The van der Waals surface area contributed by atoms with Gasteiger partial charge in [-0.05, 0) is 42.3 Å². The van der Waals surface area contributed by atoms with Crippen LogP contribution < -0.4 is 0 Å². The number of carbonyl (C=O) groups excluding carboxylic acids is 2. The molecule has 1 aromatic carbocycles. The molecular formula is C18H17BrO4. The topological polar surface area (TPSA) is 52.6 Å². The molecule has 0 saturated carbocycles. The van der Waals surface area contributed by atoms with E-state index in [1.165, 1.54) is 6.08 Å². The van der Waals surface area contributed by atoms with Crippen molar-refractivity contribution in [1.82, 2.24) is 0 Å². The lowest BCUT2D eigenvalue weighted by Crippen LogP contribution is -2.35. The normalized spacial score (nSPS) is 28.0. The average molecular weight is 377 g/mol. The third-order valence-electron chi connectivity index (χ3n) is 4.25. The summed E-state index contributed by atoms with van der Waals surface area (Å²) in [6.45, 7) is 2.41. The Bertz CT molecular complexity index is 689. The van der Waals surface area contributed by atoms with E-state index in [0.717, 1.165) is 15.6 Å². The predicted octanol–water partition coefficient (Wildman–Crippen LogP) is 3.31. The lowest BCUT2D eigenvalue weighted by Gasteiger charge is -2.34. The van der Waals surface area contributed by atoms with Gasteiger partial charge in [0.1, 0.15) is 5.60 Å². The van der Waals surface area contributed by atoms with Gasteiger partial charge in [0, 0.05) is 22.9 Å². The van der Waals surface area contributed by atoms with Gasteiger partial charge in [0.25, 0.3) is 0 Å². The minimum Gasteiger partial charge on any atom is -0.463 e. The Balaban J connectivity index is 2.01. The zero-order valence-electron chi connectivity index (χ0n) is 12.8. The first-order valence-corrected chi connectivity index (χ1v) is 8.34. The van der Waals surface area contributed by atoms with Crippen molar-refractivity contribution in [2.24, 2.45) is 5.92 Å². The van der Waals surface area contributed by atoms with E-state index >= 15 is 0 Å². The smallest absolute Gasteiger partial charge is 0.330 e. The highest BCUT2D eigenvalue weighted by atomic mass is 79.9. The highest BCUT2D eigenvalue weighted by Gasteiger charge is 2.49. The van der Waals surface area contributed by atoms with Gasteiger partial charge in [-0.1, -0.05) is 28.1 Å². The number of carbonyl (C=O) groups is 2. The van der Waals surface area contributed by atoms with E-state index in [-0.39, 0.29) is 17.7 Å². The van der Waals surface area contributed by atoms with E-state index in [2.05, 4.69) is 15.9 Å². The number of esters is 1. The number of benzene rings is 1. The Morgan fingerprint density at radius 2 is 2.17 bits per heavy atom. The molecular weight excluding hydrogens is 360 g/mol. The van der Waals surface area contributed by atoms with E-state index in [1.807, 2.05) is 30.3 Å². The summed E-state index contributed by atoms with van der Waals surface area (Å²) in [5, 5.41) is 0. The van der Waals surface area contributed by atoms with Crippen molar-refractivity contribution < 1.29 is 19.1 Å². The zero-order valence-corrected chi connectivity index (χ0v) is 14.3. The van der Waals surface area contributed by atoms with Crippen LogP contribution in [0.5, 0.6) is 0 Å². The third kappa shape index (κ3) is 3.03. The minimum atomic E-state index is -0.688. The fourth-order valence-corrected chi connectivity index (χ4v) is 3.45. The van der Waals surface area contributed by atoms with Crippen LogP contribution in [0.25, 0.3) is 0 Å². The van der Waals surface area contributed by atoms with E-state index in [0.29, 0.717) is 19.6 Å². The number of halogens is 1. The first kappa shape index (κ1) is 16.1. The Morgan fingerprint density at radius 3 is 2.87 bits per heavy atom. The molecule has 0 spiro atoms. The van der Waals surface area contributed by atoms with Crippen LogP contribution in [-0.4, -0.2) is 25.0 Å². The Labute approximate surface area is 143 Å². The third-order valence-corrected chi connectivity index (χ3v) is 4.78. The molecule has 2 atom stereocenters. The molecule has 1 aliphatic carbocycles. The van der Waals surface area contributed by atoms with Crippen molar-refractivity contribution >= 4 is 27.7 Å². The largest absolute Gasteiger partial charge is 0.463 e. The molecule has 1 saturated heterocycles. The van der Waals surface area contributed by atoms with E-state index in [1.54, 1.807) is 13.0 Å². The van der Waals surface area contributed by atoms with Gasteiger partial charge in [0.2, 0.25) is 0 Å². The highest BCUT2D eigenvalue weighted by molar-refractivity contribution is 9.10. The van der Waals surface area contributed by atoms with Gasteiger partial charge in [-0.15, -0.1) is 0 Å². The van der Waals surface area contributed by atoms with Crippen LogP contribution in [0.1, 0.15) is 18.9 Å². The molecule has 23 heavy (non-hydrogen) atoms. The summed E-state index contributed by atoms with van der Waals surface area (Å²) >= 11 is 3.43. The second-order valence-electron chi connectivity index (χ2n) is 5.62. The van der Waals surface area contributed by atoms with Crippen LogP contribution in [0, 0.1) is 5.92 Å². The summed E-state index contributed by atoms with van der Waals surface area (Å²) in [6.07, 6.45) is 5.20.